The summed E-state index contributed by atoms with van der Waals surface area (Å²) in [6, 6.07) is 6.88. The Balaban J connectivity index is 2.64. The van der Waals surface area contributed by atoms with Crippen LogP contribution < -0.4 is 11.5 Å². The fourth-order valence-corrected chi connectivity index (χ4v) is 1.65. The fourth-order valence-electron chi connectivity index (χ4n) is 1.65. The molecule has 0 heterocycles. The van der Waals surface area contributed by atoms with Crippen LogP contribution in [0.4, 0.5) is 20.2 Å². The average molecular weight is 234 g/mol. The summed E-state index contributed by atoms with van der Waals surface area (Å²) < 4.78 is 27.4. The van der Waals surface area contributed by atoms with Crippen LogP contribution in [-0.4, -0.2) is 0 Å². The Labute approximate surface area is 97.9 Å². The van der Waals surface area contributed by atoms with E-state index in [9.17, 15) is 8.78 Å². The third-order valence-corrected chi connectivity index (χ3v) is 2.64. The Hall–Kier alpha value is -2.10. The summed E-state index contributed by atoms with van der Waals surface area (Å²) in [7, 11) is 0. The van der Waals surface area contributed by atoms with E-state index in [1.807, 2.05) is 0 Å². The van der Waals surface area contributed by atoms with Gasteiger partial charge < -0.3 is 11.5 Å². The van der Waals surface area contributed by atoms with Crippen molar-refractivity contribution in [1.29, 1.82) is 0 Å². The Morgan fingerprint density at radius 3 is 2.18 bits per heavy atom. The second-order valence-corrected chi connectivity index (χ2v) is 3.93. The zero-order valence-corrected chi connectivity index (χ0v) is 9.30. The molecule has 2 aromatic rings. The van der Waals surface area contributed by atoms with Crippen molar-refractivity contribution >= 4 is 11.4 Å². The summed E-state index contributed by atoms with van der Waals surface area (Å²) >= 11 is 0. The van der Waals surface area contributed by atoms with Gasteiger partial charge in [-0.05, 0) is 42.8 Å². The van der Waals surface area contributed by atoms with Gasteiger partial charge >= 0.3 is 0 Å². The maximum Gasteiger partial charge on any atom is 0.133 e. The highest BCUT2D eigenvalue weighted by atomic mass is 19.1. The molecule has 0 spiro atoms. The van der Waals surface area contributed by atoms with E-state index in [0.29, 0.717) is 16.9 Å². The van der Waals surface area contributed by atoms with Gasteiger partial charge in [0.1, 0.15) is 11.6 Å². The largest absolute Gasteiger partial charge is 0.399 e. The second kappa shape index (κ2) is 4.05. The first kappa shape index (κ1) is 11.4. The van der Waals surface area contributed by atoms with E-state index in [-0.39, 0.29) is 11.1 Å². The lowest BCUT2D eigenvalue weighted by Gasteiger charge is -2.09. The normalized spacial score (nSPS) is 10.5. The quantitative estimate of drug-likeness (QED) is 0.745. The predicted molar refractivity (Wildman–Crippen MR) is 65.4 cm³/mol. The summed E-state index contributed by atoms with van der Waals surface area (Å²) in [5.74, 6) is -1.09. The van der Waals surface area contributed by atoms with E-state index in [4.69, 9.17) is 11.5 Å². The van der Waals surface area contributed by atoms with Crippen molar-refractivity contribution in [1.82, 2.24) is 0 Å². The molecule has 0 aromatic heterocycles. The highest BCUT2D eigenvalue weighted by molar-refractivity contribution is 5.70. The molecule has 0 fully saturated rings. The molecule has 0 saturated carbocycles. The Morgan fingerprint density at radius 2 is 1.53 bits per heavy atom. The Bertz CT molecular complexity index is 580. The topological polar surface area (TPSA) is 52.0 Å². The van der Waals surface area contributed by atoms with Crippen molar-refractivity contribution < 1.29 is 8.78 Å². The molecule has 0 saturated heterocycles. The molecule has 17 heavy (non-hydrogen) atoms. The summed E-state index contributed by atoms with van der Waals surface area (Å²) in [6.45, 7) is 1.74. The minimum atomic E-state index is -0.548. The van der Waals surface area contributed by atoms with Crippen LogP contribution in [0.1, 0.15) is 5.56 Å². The third-order valence-electron chi connectivity index (χ3n) is 2.64. The highest BCUT2D eigenvalue weighted by Crippen LogP contribution is 2.29. The van der Waals surface area contributed by atoms with E-state index in [1.54, 1.807) is 6.92 Å². The maximum absolute atomic E-state index is 13.7. The molecule has 4 heteroatoms. The Kier molecular flexibility index (Phi) is 2.71. The number of nitrogens with two attached hydrogens (primary N) is 2. The molecule has 88 valence electrons. The molecule has 0 aliphatic carbocycles. The number of rotatable bonds is 1. The van der Waals surface area contributed by atoms with Crippen LogP contribution >= 0.6 is 0 Å². The van der Waals surface area contributed by atoms with Crippen LogP contribution in [-0.2, 0) is 0 Å². The van der Waals surface area contributed by atoms with E-state index >= 15 is 0 Å². The van der Waals surface area contributed by atoms with Gasteiger partial charge in [0.2, 0.25) is 0 Å². The molecule has 0 unspecified atom stereocenters. The first-order valence-electron chi connectivity index (χ1n) is 5.10. The highest BCUT2D eigenvalue weighted by Gasteiger charge is 2.12. The van der Waals surface area contributed by atoms with Gasteiger partial charge in [-0.3, -0.25) is 0 Å². The van der Waals surface area contributed by atoms with Crippen LogP contribution in [0.15, 0.2) is 30.3 Å². The predicted octanol–water partition coefficient (Wildman–Crippen LogP) is 3.10. The summed E-state index contributed by atoms with van der Waals surface area (Å²) in [6.07, 6.45) is 0. The smallest absolute Gasteiger partial charge is 0.133 e. The molecule has 0 radical (unpaired) electrons. The molecule has 2 aromatic carbocycles. The number of aryl methyl sites for hydroxylation is 1. The molecular weight excluding hydrogens is 222 g/mol. The van der Waals surface area contributed by atoms with Gasteiger partial charge in [-0.15, -0.1) is 0 Å². The minimum Gasteiger partial charge on any atom is -0.399 e. The standard InChI is InChI=1S/C13H12F2N2/c1-7-4-10(12(15)6-13(7)17)9-3-2-8(16)5-11(9)14/h2-6H,16-17H2,1H3. The second-order valence-electron chi connectivity index (χ2n) is 3.93. The average Bonchev–Trinajstić information content (AvgIpc) is 2.24. The van der Waals surface area contributed by atoms with Crippen molar-refractivity contribution in [3.63, 3.8) is 0 Å². The molecular formula is C13H12F2N2. The molecule has 0 aliphatic rings. The van der Waals surface area contributed by atoms with Crippen molar-refractivity contribution in [2.24, 2.45) is 0 Å². The van der Waals surface area contributed by atoms with Gasteiger partial charge in [0.15, 0.2) is 0 Å². The van der Waals surface area contributed by atoms with E-state index < -0.39 is 11.6 Å². The van der Waals surface area contributed by atoms with Crippen LogP contribution in [0.3, 0.4) is 0 Å². The molecule has 0 aliphatic heterocycles. The van der Waals surface area contributed by atoms with Gasteiger partial charge in [0.05, 0.1) is 0 Å². The first-order chi connectivity index (χ1) is 7.99. The van der Waals surface area contributed by atoms with Crippen LogP contribution in [0.5, 0.6) is 0 Å². The lowest BCUT2D eigenvalue weighted by molar-refractivity contribution is 0.617. The van der Waals surface area contributed by atoms with Crippen LogP contribution in [0.2, 0.25) is 0 Å². The van der Waals surface area contributed by atoms with Gasteiger partial charge in [-0.2, -0.15) is 0 Å². The van der Waals surface area contributed by atoms with E-state index in [0.717, 1.165) is 0 Å². The van der Waals surface area contributed by atoms with Crippen molar-refractivity contribution in [2.75, 3.05) is 11.5 Å². The first-order valence-corrected chi connectivity index (χ1v) is 5.10. The zero-order valence-electron chi connectivity index (χ0n) is 9.30. The van der Waals surface area contributed by atoms with Crippen LogP contribution in [0.25, 0.3) is 11.1 Å². The van der Waals surface area contributed by atoms with Crippen molar-refractivity contribution in [3.8, 4) is 11.1 Å². The lowest BCUT2D eigenvalue weighted by atomic mass is 10.0. The van der Waals surface area contributed by atoms with Gasteiger partial charge in [-0.1, -0.05) is 0 Å². The van der Waals surface area contributed by atoms with Gasteiger partial charge in [0.25, 0.3) is 0 Å². The molecule has 2 rings (SSSR count). The van der Waals surface area contributed by atoms with Crippen molar-refractivity contribution in [3.05, 3.63) is 47.5 Å². The third kappa shape index (κ3) is 2.06. The summed E-state index contributed by atoms with van der Waals surface area (Å²) in [5.41, 5.74) is 12.7. The number of hydrogen-bond acceptors (Lipinski definition) is 2. The summed E-state index contributed by atoms with van der Waals surface area (Å²) in [5, 5.41) is 0. The number of anilines is 2. The maximum atomic E-state index is 13.7. The molecule has 0 atom stereocenters. The van der Waals surface area contributed by atoms with E-state index in [2.05, 4.69) is 0 Å². The van der Waals surface area contributed by atoms with E-state index in [1.165, 1.54) is 30.3 Å². The Morgan fingerprint density at radius 1 is 0.882 bits per heavy atom. The molecule has 4 N–H and O–H groups in total. The zero-order chi connectivity index (χ0) is 12.6. The lowest BCUT2D eigenvalue weighted by Crippen LogP contribution is -1.96. The number of nitrogen functional groups attached to an aromatic ring is 2. The van der Waals surface area contributed by atoms with Gasteiger partial charge in [0, 0.05) is 22.5 Å². The number of hydrogen-bond donors (Lipinski definition) is 2. The molecule has 2 nitrogen and oxygen atoms in total. The number of benzene rings is 2. The fraction of sp³-hybridized carbons (Fsp3) is 0.0769. The van der Waals surface area contributed by atoms with Gasteiger partial charge in [-0.25, -0.2) is 8.78 Å². The molecule has 0 bridgehead atoms. The molecule has 0 amide bonds. The van der Waals surface area contributed by atoms with Crippen molar-refractivity contribution in [2.45, 2.75) is 6.92 Å². The monoisotopic (exact) mass is 234 g/mol. The number of halogens is 2. The summed E-state index contributed by atoms with van der Waals surface area (Å²) in [4.78, 5) is 0. The van der Waals surface area contributed by atoms with Crippen LogP contribution in [0, 0.1) is 18.6 Å². The SMILES string of the molecule is Cc1cc(-c2ccc(N)cc2F)c(F)cc1N. The minimum absolute atomic E-state index is 0.180.